The summed E-state index contributed by atoms with van der Waals surface area (Å²) in [6, 6.07) is 3.80. The number of amides is 1. The Balaban J connectivity index is 1.42. The lowest BCUT2D eigenvalue weighted by Crippen LogP contribution is -2.38. The molecule has 31 heavy (non-hydrogen) atoms. The molecule has 0 aliphatic heterocycles. The van der Waals surface area contributed by atoms with E-state index < -0.39 is 0 Å². The van der Waals surface area contributed by atoms with Gasteiger partial charge in [0.05, 0.1) is 23.4 Å². The predicted molar refractivity (Wildman–Crippen MR) is 125 cm³/mol. The molecule has 3 heterocycles. The van der Waals surface area contributed by atoms with Gasteiger partial charge in [-0.25, -0.2) is 4.98 Å². The van der Waals surface area contributed by atoms with E-state index in [2.05, 4.69) is 24.1 Å². The number of thiophene rings is 1. The van der Waals surface area contributed by atoms with E-state index in [1.807, 2.05) is 12.1 Å². The van der Waals surface area contributed by atoms with Gasteiger partial charge in [0.2, 0.25) is 5.91 Å². The molecule has 0 fully saturated rings. The first kappa shape index (κ1) is 22.1. The van der Waals surface area contributed by atoms with Crippen molar-refractivity contribution >= 4 is 39.2 Å². The number of likely N-dealkylation sites (N-methyl/N-ethyl adjacent to an activating group) is 1. The number of aromatic nitrogens is 2. The molecule has 0 bridgehead atoms. The molecule has 0 aromatic carbocycles. The Morgan fingerprint density at radius 2 is 2.19 bits per heavy atom. The van der Waals surface area contributed by atoms with Crippen molar-refractivity contribution in [1.29, 1.82) is 0 Å². The average Bonchev–Trinajstić information content (AvgIpc) is 3.50. The number of furan rings is 1. The lowest BCUT2D eigenvalue weighted by atomic mass is 10.2. The van der Waals surface area contributed by atoms with E-state index in [9.17, 15) is 9.59 Å². The summed E-state index contributed by atoms with van der Waals surface area (Å²) in [5.74, 6) is 0.966. The van der Waals surface area contributed by atoms with Crippen LogP contribution in [0.1, 0.15) is 42.5 Å². The van der Waals surface area contributed by atoms with Crippen LogP contribution in [0.25, 0.3) is 10.2 Å². The van der Waals surface area contributed by atoms with Crippen LogP contribution in [0.2, 0.25) is 0 Å². The molecule has 0 radical (unpaired) electrons. The molecule has 1 amide bonds. The number of fused-ring (bicyclic) bond motifs is 3. The zero-order valence-corrected chi connectivity index (χ0v) is 19.8. The first-order valence-corrected chi connectivity index (χ1v) is 12.5. The van der Waals surface area contributed by atoms with Crippen LogP contribution in [-0.2, 0) is 24.7 Å². The fourth-order valence-corrected chi connectivity index (χ4v) is 6.29. The molecule has 4 rings (SSSR count). The van der Waals surface area contributed by atoms with E-state index in [0.717, 1.165) is 48.3 Å². The third kappa shape index (κ3) is 4.44. The molecule has 9 heteroatoms. The monoisotopic (exact) mass is 460 g/mol. The van der Waals surface area contributed by atoms with Crippen molar-refractivity contribution in [3.63, 3.8) is 0 Å². The van der Waals surface area contributed by atoms with Crippen LogP contribution in [0.5, 0.6) is 0 Å². The van der Waals surface area contributed by atoms with Crippen LogP contribution in [0, 0.1) is 0 Å². The van der Waals surface area contributed by atoms with Crippen LogP contribution in [0.3, 0.4) is 0 Å². The number of rotatable bonds is 9. The number of nitrogens with zero attached hydrogens (tertiary/aromatic N) is 3. The van der Waals surface area contributed by atoms with E-state index in [0.29, 0.717) is 11.7 Å². The molecular formula is C22H28N4O3S2. The number of thioether (sulfide) groups is 1. The molecule has 0 saturated heterocycles. The molecule has 1 N–H and O–H groups in total. The molecule has 3 aromatic heterocycles. The van der Waals surface area contributed by atoms with Crippen molar-refractivity contribution in [3.05, 3.63) is 45.0 Å². The maximum absolute atomic E-state index is 12.9. The standard InChI is InChI=1S/C22H28N4O3S2/c1-4-26(5-2)15(16-9-7-11-29-16)12-23-18(27)13-30-22-24-20-19(21(28)25(22)3)14-8-6-10-17(14)31-20/h7,9,11,15H,4-6,8,10,12-13H2,1-3H3,(H,23,27)/t15-/m0/s1. The summed E-state index contributed by atoms with van der Waals surface area (Å²) in [4.78, 5) is 34.5. The van der Waals surface area contributed by atoms with Gasteiger partial charge in [-0.3, -0.25) is 19.1 Å². The molecule has 1 aliphatic rings. The van der Waals surface area contributed by atoms with Crippen molar-refractivity contribution in [3.8, 4) is 0 Å². The molecule has 1 aliphatic carbocycles. The topological polar surface area (TPSA) is 80.4 Å². The van der Waals surface area contributed by atoms with Gasteiger partial charge < -0.3 is 9.73 Å². The van der Waals surface area contributed by atoms with Crippen LogP contribution < -0.4 is 10.9 Å². The number of carbonyl (C=O) groups is 1. The van der Waals surface area contributed by atoms with Crippen LogP contribution >= 0.6 is 23.1 Å². The smallest absolute Gasteiger partial charge is 0.262 e. The summed E-state index contributed by atoms with van der Waals surface area (Å²) in [6.07, 6.45) is 4.77. The third-order valence-electron chi connectivity index (χ3n) is 5.86. The van der Waals surface area contributed by atoms with Crippen molar-refractivity contribution in [2.45, 2.75) is 44.3 Å². The first-order chi connectivity index (χ1) is 15.0. The van der Waals surface area contributed by atoms with E-state index in [-0.39, 0.29) is 23.3 Å². The normalized spacial score (nSPS) is 14.3. The third-order valence-corrected chi connectivity index (χ3v) is 8.07. The van der Waals surface area contributed by atoms with Gasteiger partial charge in [0.15, 0.2) is 5.16 Å². The average molecular weight is 461 g/mol. The molecule has 1 atom stereocenters. The minimum atomic E-state index is -0.0864. The van der Waals surface area contributed by atoms with Gasteiger partial charge >= 0.3 is 0 Å². The zero-order valence-electron chi connectivity index (χ0n) is 18.1. The Hall–Kier alpha value is -2.10. The first-order valence-electron chi connectivity index (χ1n) is 10.7. The number of aryl methyl sites for hydroxylation is 2. The summed E-state index contributed by atoms with van der Waals surface area (Å²) in [6.45, 7) is 6.39. The molecule has 166 valence electrons. The zero-order chi connectivity index (χ0) is 22.0. The van der Waals surface area contributed by atoms with Crippen LogP contribution in [0.15, 0.2) is 32.8 Å². The highest BCUT2D eigenvalue weighted by Crippen LogP contribution is 2.35. The summed E-state index contributed by atoms with van der Waals surface area (Å²) >= 11 is 2.93. The molecule has 0 spiro atoms. The molecule has 0 saturated carbocycles. The largest absolute Gasteiger partial charge is 0.468 e. The van der Waals surface area contributed by atoms with E-state index in [4.69, 9.17) is 9.40 Å². The second-order valence-corrected chi connectivity index (χ2v) is 9.67. The van der Waals surface area contributed by atoms with Gasteiger partial charge in [-0.15, -0.1) is 11.3 Å². The summed E-state index contributed by atoms with van der Waals surface area (Å²) in [5.41, 5.74) is 1.18. The molecule has 3 aromatic rings. The Labute approximate surface area is 189 Å². The lowest BCUT2D eigenvalue weighted by molar-refractivity contribution is -0.118. The molecule has 7 nitrogen and oxygen atoms in total. The fraction of sp³-hybridized carbons (Fsp3) is 0.500. The van der Waals surface area contributed by atoms with Crippen molar-refractivity contribution < 1.29 is 9.21 Å². The van der Waals surface area contributed by atoms with Crippen molar-refractivity contribution in [2.24, 2.45) is 7.05 Å². The van der Waals surface area contributed by atoms with Crippen LogP contribution in [0.4, 0.5) is 0 Å². The van der Waals surface area contributed by atoms with Gasteiger partial charge in [0, 0.05) is 18.5 Å². The van der Waals surface area contributed by atoms with Gasteiger partial charge in [0.1, 0.15) is 10.6 Å². The minimum absolute atomic E-state index is 0.00766. The highest BCUT2D eigenvalue weighted by atomic mass is 32.2. The van der Waals surface area contributed by atoms with E-state index >= 15 is 0 Å². The quantitative estimate of drug-likeness (QED) is 0.390. The molecular weight excluding hydrogens is 432 g/mol. The Bertz CT molecular complexity index is 1120. The van der Waals surface area contributed by atoms with E-state index in [1.165, 1.54) is 22.2 Å². The predicted octanol–water partition coefficient (Wildman–Crippen LogP) is 3.37. The second-order valence-electron chi connectivity index (χ2n) is 7.64. The van der Waals surface area contributed by atoms with Gasteiger partial charge in [-0.05, 0) is 50.0 Å². The number of hydrogen-bond donors (Lipinski definition) is 1. The Morgan fingerprint density at radius 3 is 2.90 bits per heavy atom. The van der Waals surface area contributed by atoms with Gasteiger partial charge in [-0.1, -0.05) is 25.6 Å². The Morgan fingerprint density at radius 1 is 1.39 bits per heavy atom. The summed E-state index contributed by atoms with van der Waals surface area (Å²) < 4.78 is 7.17. The van der Waals surface area contributed by atoms with Gasteiger partial charge in [-0.2, -0.15) is 0 Å². The SMILES string of the molecule is CCN(CC)[C@@H](CNC(=O)CSc1nc2sc3c(c2c(=O)n1C)CCC3)c1ccco1. The number of nitrogens with one attached hydrogen (secondary N) is 1. The van der Waals surface area contributed by atoms with Crippen LogP contribution in [-0.4, -0.2) is 45.7 Å². The van der Waals surface area contributed by atoms with Crippen molar-refractivity contribution in [1.82, 2.24) is 19.8 Å². The lowest BCUT2D eigenvalue weighted by Gasteiger charge is -2.28. The van der Waals surface area contributed by atoms with Crippen molar-refractivity contribution in [2.75, 3.05) is 25.4 Å². The number of hydrogen-bond acceptors (Lipinski definition) is 7. The second kappa shape index (κ2) is 9.58. The maximum atomic E-state index is 12.9. The highest BCUT2D eigenvalue weighted by molar-refractivity contribution is 7.99. The fourth-order valence-electron chi connectivity index (χ4n) is 4.18. The van der Waals surface area contributed by atoms with Gasteiger partial charge in [0.25, 0.3) is 5.56 Å². The number of carbonyl (C=O) groups excluding carboxylic acids is 1. The summed E-state index contributed by atoms with van der Waals surface area (Å²) in [5, 5.41) is 4.37. The minimum Gasteiger partial charge on any atom is -0.468 e. The highest BCUT2D eigenvalue weighted by Gasteiger charge is 2.24. The summed E-state index contributed by atoms with van der Waals surface area (Å²) in [7, 11) is 1.74. The van der Waals surface area contributed by atoms with E-state index in [1.54, 1.807) is 29.2 Å². The molecule has 0 unspecified atom stereocenters. The Kier molecular flexibility index (Phi) is 6.83. The maximum Gasteiger partial charge on any atom is 0.262 e.